The van der Waals surface area contributed by atoms with Crippen LogP contribution in [-0.2, 0) is 0 Å². The van der Waals surface area contributed by atoms with Crippen molar-refractivity contribution in [3.63, 3.8) is 0 Å². The molecule has 0 spiro atoms. The van der Waals surface area contributed by atoms with Crippen LogP contribution in [0.2, 0.25) is 0 Å². The lowest BCUT2D eigenvalue weighted by Crippen LogP contribution is -2.57. The molecular formula is C12H26N2S. The average molecular weight is 230 g/mol. The van der Waals surface area contributed by atoms with E-state index < -0.39 is 0 Å². The summed E-state index contributed by atoms with van der Waals surface area (Å²) >= 11 is 1.93. The molecule has 1 saturated heterocycles. The molecule has 2 nitrogen and oxygen atoms in total. The Morgan fingerprint density at radius 2 is 2.00 bits per heavy atom. The summed E-state index contributed by atoms with van der Waals surface area (Å²) in [6, 6.07) is 0.706. The molecule has 1 heterocycles. The van der Waals surface area contributed by atoms with E-state index >= 15 is 0 Å². The Kier molecular flexibility index (Phi) is 4.94. The zero-order valence-corrected chi connectivity index (χ0v) is 11.7. The van der Waals surface area contributed by atoms with E-state index in [0.717, 1.165) is 0 Å². The van der Waals surface area contributed by atoms with Gasteiger partial charge in [0.05, 0.1) is 0 Å². The Morgan fingerprint density at radius 3 is 2.47 bits per heavy atom. The third kappa shape index (κ3) is 3.36. The monoisotopic (exact) mass is 230 g/mol. The van der Waals surface area contributed by atoms with Crippen molar-refractivity contribution in [1.82, 2.24) is 9.80 Å². The number of hydrogen-bond donors (Lipinski definition) is 0. The van der Waals surface area contributed by atoms with Gasteiger partial charge in [0.2, 0.25) is 0 Å². The summed E-state index contributed by atoms with van der Waals surface area (Å²) < 4.78 is 0. The molecule has 0 aromatic carbocycles. The smallest absolute Gasteiger partial charge is 0.0445 e. The largest absolute Gasteiger partial charge is 0.295 e. The summed E-state index contributed by atoms with van der Waals surface area (Å²) in [5.74, 6) is 1.18. The average Bonchev–Trinajstić information content (AvgIpc) is 2.21. The fourth-order valence-corrected chi connectivity index (χ4v) is 2.84. The van der Waals surface area contributed by atoms with Gasteiger partial charge in [-0.05, 0) is 33.4 Å². The number of thioether (sulfide) groups is 1. The maximum Gasteiger partial charge on any atom is 0.0445 e. The van der Waals surface area contributed by atoms with Crippen molar-refractivity contribution in [2.75, 3.05) is 31.8 Å². The normalized spacial score (nSPS) is 25.8. The summed E-state index contributed by atoms with van der Waals surface area (Å²) in [7, 11) is 0. The quantitative estimate of drug-likeness (QED) is 0.733. The van der Waals surface area contributed by atoms with Crippen molar-refractivity contribution in [2.24, 2.45) is 0 Å². The van der Waals surface area contributed by atoms with Crippen molar-refractivity contribution >= 4 is 11.8 Å². The Hall–Kier alpha value is 0.270. The van der Waals surface area contributed by atoms with Gasteiger partial charge >= 0.3 is 0 Å². The van der Waals surface area contributed by atoms with Gasteiger partial charge in [0.1, 0.15) is 0 Å². The van der Waals surface area contributed by atoms with Gasteiger partial charge in [-0.2, -0.15) is 0 Å². The second-order valence-electron chi connectivity index (χ2n) is 5.19. The Morgan fingerprint density at radius 1 is 1.33 bits per heavy atom. The number of nitrogens with zero attached hydrogens (tertiary/aromatic N) is 2. The van der Waals surface area contributed by atoms with E-state index in [0.29, 0.717) is 11.6 Å². The summed E-state index contributed by atoms with van der Waals surface area (Å²) in [5.41, 5.74) is 0.375. The van der Waals surface area contributed by atoms with Gasteiger partial charge in [-0.25, -0.2) is 0 Å². The number of hydrogen-bond acceptors (Lipinski definition) is 3. The topological polar surface area (TPSA) is 6.48 Å². The van der Waals surface area contributed by atoms with Gasteiger partial charge in [-0.3, -0.25) is 9.80 Å². The molecule has 3 heteroatoms. The minimum absolute atomic E-state index is 0.375. The van der Waals surface area contributed by atoms with Crippen LogP contribution in [0.25, 0.3) is 0 Å². The predicted molar refractivity (Wildman–Crippen MR) is 70.5 cm³/mol. The Bertz CT molecular complexity index is 194. The molecular weight excluding hydrogens is 204 g/mol. The SMILES string of the molecule is CCC(C)(C)N1CCN(CSC)C(C)C1. The maximum absolute atomic E-state index is 2.65. The van der Waals surface area contributed by atoms with E-state index in [1.165, 1.54) is 31.9 Å². The zero-order valence-electron chi connectivity index (χ0n) is 10.9. The van der Waals surface area contributed by atoms with Crippen molar-refractivity contribution in [3.8, 4) is 0 Å². The first-order valence-electron chi connectivity index (χ1n) is 5.99. The van der Waals surface area contributed by atoms with Crippen molar-refractivity contribution in [3.05, 3.63) is 0 Å². The molecule has 0 aromatic rings. The molecule has 1 fully saturated rings. The first kappa shape index (κ1) is 13.3. The van der Waals surface area contributed by atoms with Crippen LogP contribution in [0, 0.1) is 0 Å². The van der Waals surface area contributed by atoms with Gasteiger partial charge in [0, 0.05) is 37.1 Å². The van der Waals surface area contributed by atoms with Crippen molar-refractivity contribution in [2.45, 2.75) is 45.7 Å². The first-order chi connectivity index (χ1) is 7.01. The van der Waals surface area contributed by atoms with E-state index in [2.05, 4.69) is 43.8 Å². The summed E-state index contributed by atoms with van der Waals surface area (Å²) in [4.78, 5) is 5.24. The van der Waals surface area contributed by atoms with Crippen molar-refractivity contribution < 1.29 is 0 Å². The third-order valence-corrected chi connectivity index (χ3v) is 4.37. The molecule has 0 aromatic heterocycles. The lowest BCUT2D eigenvalue weighted by molar-refractivity contribution is 0.0278. The van der Waals surface area contributed by atoms with E-state index in [1.54, 1.807) is 0 Å². The first-order valence-corrected chi connectivity index (χ1v) is 7.38. The van der Waals surface area contributed by atoms with E-state index in [9.17, 15) is 0 Å². The van der Waals surface area contributed by atoms with Crippen LogP contribution in [0.4, 0.5) is 0 Å². The molecule has 0 saturated carbocycles. The highest BCUT2D eigenvalue weighted by atomic mass is 32.2. The maximum atomic E-state index is 2.65. The van der Waals surface area contributed by atoms with Crippen LogP contribution >= 0.6 is 11.8 Å². The highest BCUT2D eigenvalue weighted by molar-refractivity contribution is 7.98. The Labute approximate surface area is 99.4 Å². The molecule has 0 amide bonds. The summed E-state index contributed by atoms with van der Waals surface area (Å²) in [6.07, 6.45) is 3.43. The standard InChI is InChI=1S/C12H26N2S/c1-6-12(3,4)14-8-7-13(10-15-5)11(2)9-14/h11H,6-10H2,1-5H3. The van der Waals surface area contributed by atoms with Crippen LogP contribution in [0.15, 0.2) is 0 Å². The van der Waals surface area contributed by atoms with Gasteiger partial charge in [-0.15, -0.1) is 11.8 Å². The lowest BCUT2D eigenvalue weighted by atomic mass is 9.97. The molecule has 1 unspecified atom stereocenters. The lowest BCUT2D eigenvalue weighted by Gasteiger charge is -2.46. The fraction of sp³-hybridized carbons (Fsp3) is 1.00. The van der Waals surface area contributed by atoms with Gasteiger partial charge in [0.15, 0.2) is 0 Å². The Balaban J connectivity index is 2.50. The highest BCUT2D eigenvalue weighted by Crippen LogP contribution is 2.23. The minimum Gasteiger partial charge on any atom is -0.295 e. The summed E-state index contributed by atoms with van der Waals surface area (Å²) in [5, 5.41) is 0. The fourth-order valence-electron chi connectivity index (χ4n) is 2.13. The van der Waals surface area contributed by atoms with Crippen LogP contribution in [0.1, 0.15) is 34.1 Å². The van der Waals surface area contributed by atoms with Gasteiger partial charge < -0.3 is 0 Å². The molecule has 15 heavy (non-hydrogen) atoms. The van der Waals surface area contributed by atoms with Crippen LogP contribution < -0.4 is 0 Å². The molecule has 0 bridgehead atoms. The van der Waals surface area contributed by atoms with E-state index in [-0.39, 0.29) is 0 Å². The third-order valence-electron chi connectivity index (χ3n) is 3.78. The molecule has 90 valence electrons. The van der Waals surface area contributed by atoms with Crippen molar-refractivity contribution in [1.29, 1.82) is 0 Å². The van der Waals surface area contributed by atoms with E-state index in [1.807, 2.05) is 11.8 Å². The predicted octanol–water partition coefficient (Wildman–Crippen LogP) is 2.50. The van der Waals surface area contributed by atoms with Gasteiger partial charge in [-0.1, -0.05) is 6.92 Å². The molecule has 1 aliphatic rings. The second-order valence-corrected chi connectivity index (χ2v) is 6.03. The second kappa shape index (κ2) is 5.55. The molecule has 0 aliphatic carbocycles. The molecule has 0 radical (unpaired) electrons. The van der Waals surface area contributed by atoms with Crippen LogP contribution in [0.5, 0.6) is 0 Å². The van der Waals surface area contributed by atoms with Crippen LogP contribution in [0.3, 0.4) is 0 Å². The minimum atomic E-state index is 0.375. The molecule has 1 rings (SSSR count). The van der Waals surface area contributed by atoms with E-state index in [4.69, 9.17) is 0 Å². The number of rotatable bonds is 4. The molecule has 1 atom stereocenters. The number of piperazine rings is 1. The van der Waals surface area contributed by atoms with Gasteiger partial charge in [0.25, 0.3) is 0 Å². The molecule has 1 aliphatic heterocycles. The zero-order chi connectivity index (χ0) is 11.5. The highest BCUT2D eigenvalue weighted by Gasteiger charge is 2.31. The molecule has 0 N–H and O–H groups in total. The van der Waals surface area contributed by atoms with Crippen LogP contribution in [-0.4, -0.2) is 53.1 Å². The summed E-state index contributed by atoms with van der Waals surface area (Å²) in [6.45, 7) is 13.1.